The van der Waals surface area contributed by atoms with E-state index in [1.54, 1.807) is 0 Å². The van der Waals surface area contributed by atoms with Crippen LogP contribution < -0.4 is 18.9 Å². The average molecular weight is 442 g/mol. The molecule has 4 unspecified atom stereocenters. The van der Waals surface area contributed by atoms with Gasteiger partial charge in [0.1, 0.15) is 73.8 Å². The SMILES string of the molecule is c1cc(OCC2CO2)c(-c2cc(OCC3CO3)ccc2OCC2CO2)c(OCC2CO2)c1. The Bertz CT molecular complexity index is 913. The third-order valence-corrected chi connectivity index (χ3v) is 5.53. The first-order chi connectivity index (χ1) is 15.8. The number of hydrogen-bond donors (Lipinski definition) is 0. The molecule has 2 aromatic rings. The zero-order valence-corrected chi connectivity index (χ0v) is 17.7. The summed E-state index contributed by atoms with van der Waals surface area (Å²) in [7, 11) is 0. The second-order valence-electron chi connectivity index (χ2n) is 8.35. The van der Waals surface area contributed by atoms with E-state index in [9.17, 15) is 0 Å². The van der Waals surface area contributed by atoms with Gasteiger partial charge in [-0.15, -0.1) is 0 Å². The Balaban J connectivity index is 1.34. The molecule has 4 aliphatic rings. The number of benzene rings is 2. The first-order valence-corrected chi connectivity index (χ1v) is 11.1. The van der Waals surface area contributed by atoms with E-state index in [0.29, 0.717) is 37.9 Å². The fraction of sp³-hybridized carbons (Fsp3) is 0.500. The predicted molar refractivity (Wildman–Crippen MR) is 113 cm³/mol. The van der Waals surface area contributed by atoms with Crippen LogP contribution in [0.15, 0.2) is 36.4 Å². The minimum atomic E-state index is 0.142. The third kappa shape index (κ3) is 5.27. The Morgan fingerprint density at radius 2 is 1.06 bits per heavy atom. The largest absolute Gasteiger partial charge is 0.491 e. The zero-order valence-electron chi connectivity index (χ0n) is 17.7. The quantitative estimate of drug-likeness (QED) is 0.437. The van der Waals surface area contributed by atoms with Crippen molar-refractivity contribution in [3.05, 3.63) is 36.4 Å². The van der Waals surface area contributed by atoms with Gasteiger partial charge in [-0.1, -0.05) is 6.07 Å². The summed E-state index contributed by atoms with van der Waals surface area (Å²) < 4.78 is 45.6. The second kappa shape index (κ2) is 8.78. The summed E-state index contributed by atoms with van der Waals surface area (Å²) >= 11 is 0. The zero-order chi connectivity index (χ0) is 21.3. The Morgan fingerprint density at radius 1 is 0.594 bits per heavy atom. The van der Waals surface area contributed by atoms with Crippen molar-refractivity contribution < 1.29 is 37.9 Å². The van der Waals surface area contributed by atoms with Crippen LogP contribution in [0.3, 0.4) is 0 Å². The molecule has 4 atom stereocenters. The molecule has 8 heteroatoms. The van der Waals surface area contributed by atoms with Crippen LogP contribution in [0, 0.1) is 0 Å². The van der Waals surface area contributed by atoms with Gasteiger partial charge in [0.15, 0.2) is 0 Å². The van der Waals surface area contributed by atoms with Crippen LogP contribution in [-0.4, -0.2) is 77.3 Å². The Labute approximate surface area is 186 Å². The van der Waals surface area contributed by atoms with E-state index < -0.39 is 0 Å². The fourth-order valence-corrected chi connectivity index (χ4v) is 3.33. The van der Waals surface area contributed by atoms with Gasteiger partial charge in [0, 0.05) is 5.56 Å². The number of rotatable bonds is 13. The molecule has 0 bridgehead atoms. The van der Waals surface area contributed by atoms with E-state index >= 15 is 0 Å². The van der Waals surface area contributed by atoms with Crippen LogP contribution >= 0.6 is 0 Å². The molecule has 2 aromatic carbocycles. The number of hydrogen-bond acceptors (Lipinski definition) is 8. The summed E-state index contributed by atoms with van der Waals surface area (Å²) in [5.41, 5.74) is 1.67. The van der Waals surface area contributed by atoms with E-state index in [2.05, 4.69) is 0 Å². The molecule has 0 aromatic heterocycles. The van der Waals surface area contributed by atoms with Crippen molar-refractivity contribution in [2.75, 3.05) is 52.9 Å². The Morgan fingerprint density at radius 3 is 1.56 bits per heavy atom. The highest BCUT2D eigenvalue weighted by Crippen LogP contribution is 2.45. The van der Waals surface area contributed by atoms with Gasteiger partial charge in [-0.25, -0.2) is 0 Å². The molecule has 6 rings (SSSR count). The molecular formula is C24H26O8. The van der Waals surface area contributed by atoms with E-state index in [1.807, 2.05) is 36.4 Å². The van der Waals surface area contributed by atoms with Gasteiger partial charge in [0.05, 0.1) is 32.0 Å². The van der Waals surface area contributed by atoms with Crippen molar-refractivity contribution in [3.8, 4) is 34.1 Å². The molecular weight excluding hydrogens is 416 g/mol. The van der Waals surface area contributed by atoms with Crippen LogP contribution in [0.25, 0.3) is 11.1 Å². The summed E-state index contributed by atoms with van der Waals surface area (Å²) in [5, 5.41) is 0. The van der Waals surface area contributed by atoms with Gasteiger partial charge in [-0.3, -0.25) is 0 Å². The standard InChI is InChI=1S/C24H26O8/c1-2-22(31-13-18-10-28-18)24(23(3-1)32-14-19-11-29-19)20-6-15(25-7-16-8-26-16)4-5-21(20)30-12-17-9-27-17/h1-6,16-19H,7-14H2. The van der Waals surface area contributed by atoms with Crippen molar-refractivity contribution in [2.45, 2.75) is 24.4 Å². The van der Waals surface area contributed by atoms with Crippen molar-refractivity contribution in [3.63, 3.8) is 0 Å². The van der Waals surface area contributed by atoms with E-state index in [-0.39, 0.29) is 24.4 Å². The molecule has 4 fully saturated rings. The lowest BCUT2D eigenvalue weighted by Crippen LogP contribution is -2.10. The van der Waals surface area contributed by atoms with Crippen LogP contribution in [0.1, 0.15) is 0 Å². The maximum absolute atomic E-state index is 6.14. The molecule has 0 radical (unpaired) electrons. The van der Waals surface area contributed by atoms with Crippen molar-refractivity contribution in [1.82, 2.24) is 0 Å². The average Bonchev–Trinajstić information content (AvgIpc) is 3.65. The topological polar surface area (TPSA) is 87.0 Å². The highest BCUT2D eigenvalue weighted by molar-refractivity contribution is 5.82. The minimum absolute atomic E-state index is 0.142. The predicted octanol–water partition coefficient (Wildman–Crippen LogP) is 2.46. The van der Waals surface area contributed by atoms with Gasteiger partial charge in [-0.2, -0.15) is 0 Å². The summed E-state index contributed by atoms with van der Waals surface area (Å²) in [6.07, 6.45) is 0.603. The molecule has 4 heterocycles. The van der Waals surface area contributed by atoms with Gasteiger partial charge in [-0.05, 0) is 30.3 Å². The van der Waals surface area contributed by atoms with E-state index in [1.165, 1.54) is 0 Å². The monoisotopic (exact) mass is 442 g/mol. The lowest BCUT2D eigenvalue weighted by molar-refractivity contribution is 0.251. The first-order valence-electron chi connectivity index (χ1n) is 11.1. The van der Waals surface area contributed by atoms with Gasteiger partial charge < -0.3 is 37.9 Å². The molecule has 0 amide bonds. The molecule has 0 N–H and O–H groups in total. The van der Waals surface area contributed by atoms with E-state index in [0.717, 1.165) is 49.1 Å². The molecule has 0 spiro atoms. The van der Waals surface area contributed by atoms with Crippen LogP contribution in [0.4, 0.5) is 0 Å². The van der Waals surface area contributed by atoms with Gasteiger partial charge >= 0.3 is 0 Å². The van der Waals surface area contributed by atoms with Gasteiger partial charge in [0.2, 0.25) is 0 Å². The molecule has 0 aliphatic carbocycles. The van der Waals surface area contributed by atoms with Crippen LogP contribution in [0.5, 0.6) is 23.0 Å². The van der Waals surface area contributed by atoms with Gasteiger partial charge in [0.25, 0.3) is 0 Å². The highest BCUT2D eigenvalue weighted by Gasteiger charge is 2.29. The maximum Gasteiger partial charge on any atom is 0.131 e. The number of ether oxygens (including phenoxy) is 8. The van der Waals surface area contributed by atoms with Crippen molar-refractivity contribution in [2.24, 2.45) is 0 Å². The number of epoxide rings is 4. The van der Waals surface area contributed by atoms with Crippen LogP contribution in [-0.2, 0) is 18.9 Å². The summed E-state index contributed by atoms with van der Waals surface area (Å²) in [5.74, 6) is 2.89. The van der Waals surface area contributed by atoms with E-state index in [4.69, 9.17) is 37.9 Å². The Hall–Kier alpha value is -2.52. The Kier molecular flexibility index (Phi) is 5.52. The molecule has 0 saturated carbocycles. The summed E-state index contributed by atoms with van der Waals surface area (Å²) in [4.78, 5) is 0. The highest BCUT2D eigenvalue weighted by atomic mass is 16.6. The van der Waals surface area contributed by atoms with Crippen molar-refractivity contribution in [1.29, 1.82) is 0 Å². The lowest BCUT2D eigenvalue weighted by Gasteiger charge is -2.19. The fourth-order valence-electron chi connectivity index (χ4n) is 3.33. The second-order valence-corrected chi connectivity index (χ2v) is 8.35. The smallest absolute Gasteiger partial charge is 0.131 e. The third-order valence-electron chi connectivity index (χ3n) is 5.53. The lowest BCUT2D eigenvalue weighted by atomic mass is 10.0. The first kappa shape index (κ1) is 20.1. The normalized spacial score (nSPS) is 26.9. The van der Waals surface area contributed by atoms with Crippen molar-refractivity contribution >= 4 is 0 Å². The maximum atomic E-state index is 6.14. The molecule has 4 saturated heterocycles. The summed E-state index contributed by atoms with van der Waals surface area (Å²) in [6, 6.07) is 11.6. The molecule has 4 aliphatic heterocycles. The summed E-state index contributed by atoms with van der Waals surface area (Å²) in [6.45, 7) is 4.93. The molecule has 32 heavy (non-hydrogen) atoms. The minimum Gasteiger partial charge on any atom is -0.491 e. The molecule has 8 nitrogen and oxygen atoms in total. The van der Waals surface area contributed by atoms with Crippen LogP contribution in [0.2, 0.25) is 0 Å². The molecule has 170 valence electrons.